The number of urea groups is 1. The van der Waals surface area contributed by atoms with E-state index in [9.17, 15) is 14.7 Å². The van der Waals surface area contributed by atoms with Crippen molar-refractivity contribution in [3.63, 3.8) is 0 Å². The molecule has 1 aromatic carbocycles. The predicted molar refractivity (Wildman–Crippen MR) is 124 cm³/mol. The van der Waals surface area contributed by atoms with Gasteiger partial charge in [-0.3, -0.25) is 0 Å². The molecule has 1 unspecified atom stereocenters. The lowest BCUT2D eigenvalue weighted by molar-refractivity contribution is -0.149. The molecule has 0 aliphatic heterocycles. The molecule has 1 aromatic rings. The van der Waals surface area contributed by atoms with Crippen LogP contribution in [0.1, 0.15) is 52.5 Å². The van der Waals surface area contributed by atoms with E-state index >= 15 is 0 Å². The zero-order valence-corrected chi connectivity index (χ0v) is 20.0. The number of rotatable bonds is 17. The number of amides is 2. The second-order valence-electron chi connectivity index (χ2n) is 7.89. The lowest BCUT2D eigenvalue weighted by Crippen LogP contribution is -2.46. The fourth-order valence-electron chi connectivity index (χ4n) is 3.01. The van der Waals surface area contributed by atoms with Crippen molar-refractivity contribution in [3.8, 4) is 5.75 Å². The topological polar surface area (TPSA) is 97.3 Å². The first-order valence-corrected chi connectivity index (χ1v) is 11.6. The maximum atomic E-state index is 12.5. The third-order valence-corrected chi connectivity index (χ3v) is 4.71. The Morgan fingerprint density at radius 1 is 1.03 bits per heavy atom. The van der Waals surface area contributed by atoms with E-state index in [4.69, 9.17) is 14.2 Å². The van der Waals surface area contributed by atoms with Crippen LogP contribution in [0.3, 0.4) is 0 Å². The number of nitrogens with zero attached hydrogens (tertiary/aromatic N) is 1. The Balaban J connectivity index is 2.51. The zero-order chi connectivity index (χ0) is 23.8. The first-order valence-electron chi connectivity index (χ1n) is 11.6. The van der Waals surface area contributed by atoms with E-state index in [-0.39, 0.29) is 12.1 Å². The average molecular weight is 453 g/mol. The van der Waals surface area contributed by atoms with Gasteiger partial charge in [-0.25, -0.2) is 9.59 Å². The molecule has 0 saturated heterocycles. The number of hydrogen-bond donors (Lipinski definition) is 2. The summed E-state index contributed by atoms with van der Waals surface area (Å²) >= 11 is 0. The molecule has 0 saturated carbocycles. The molecule has 0 aromatic heterocycles. The quantitative estimate of drug-likeness (QED) is 0.350. The van der Waals surface area contributed by atoms with E-state index in [2.05, 4.69) is 12.2 Å². The Labute approximate surface area is 192 Å². The third-order valence-electron chi connectivity index (χ3n) is 4.71. The summed E-state index contributed by atoms with van der Waals surface area (Å²) in [6.07, 6.45) is 2.77. The Hall–Kier alpha value is -2.32. The fourth-order valence-corrected chi connectivity index (χ4v) is 3.01. The Morgan fingerprint density at radius 3 is 2.31 bits per heavy atom. The number of unbranched alkanes of at least 4 members (excludes halogenated alkanes) is 2. The van der Waals surface area contributed by atoms with Gasteiger partial charge in [0.25, 0.3) is 0 Å². The molecule has 32 heavy (non-hydrogen) atoms. The molecule has 1 atom stereocenters. The van der Waals surface area contributed by atoms with Crippen LogP contribution in [0.25, 0.3) is 0 Å². The molecular formula is C24H40N2O6. The van der Waals surface area contributed by atoms with Crippen LogP contribution in [0.5, 0.6) is 5.75 Å². The summed E-state index contributed by atoms with van der Waals surface area (Å²) in [5.41, 5.74) is 0.858. The number of carboxylic acid groups (broad SMARTS) is 1. The highest BCUT2D eigenvalue weighted by Crippen LogP contribution is 2.14. The third kappa shape index (κ3) is 11.9. The number of nitrogens with one attached hydrogen (secondary N) is 1. The normalized spacial score (nSPS) is 11.9. The van der Waals surface area contributed by atoms with Crippen LogP contribution >= 0.6 is 0 Å². The first kappa shape index (κ1) is 27.7. The number of aliphatic carboxylic acids is 1. The van der Waals surface area contributed by atoms with Gasteiger partial charge in [-0.15, -0.1) is 0 Å². The van der Waals surface area contributed by atoms with Crippen molar-refractivity contribution in [1.82, 2.24) is 10.2 Å². The minimum absolute atomic E-state index is 0.0512. The standard InChI is InChI=1S/C24H40N2O6/c1-5-7-8-15-30-16-13-26(24(29)25-19(3)4)14-17-32-21-11-9-20(10-12-21)18-22(23(27)28)31-6-2/h9-12,19,22H,5-8,13-18H2,1-4H3,(H,25,29)(H,27,28). The summed E-state index contributed by atoms with van der Waals surface area (Å²) in [5, 5.41) is 12.1. The fraction of sp³-hybridized carbons (Fsp3) is 0.667. The SMILES string of the molecule is CCCCCOCCN(CCOc1ccc(CC(OCC)C(=O)O)cc1)C(=O)NC(C)C. The molecule has 2 amide bonds. The number of carbonyl (C=O) groups excluding carboxylic acids is 1. The molecule has 2 N–H and O–H groups in total. The Kier molecular flexibility index (Phi) is 14.1. The van der Waals surface area contributed by atoms with Gasteiger partial charge in [-0.1, -0.05) is 31.9 Å². The maximum absolute atomic E-state index is 12.5. The van der Waals surface area contributed by atoms with Crippen LogP contribution in [-0.2, 0) is 20.7 Å². The van der Waals surface area contributed by atoms with Crippen molar-refractivity contribution < 1.29 is 28.9 Å². The second-order valence-corrected chi connectivity index (χ2v) is 7.89. The highest BCUT2D eigenvalue weighted by molar-refractivity contribution is 5.74. The van der Waals surface area contributed by atoms with Gasteiger partial charge in [0.2, 0.25) is 0 Å². The Bertz CT molecular complexity index is 650. The molecular weight excluding hydrogens is 412 g/mol. The average Bonchev–Trinajstić information content (AvgIpc) is 2.75. The molecule has 182 valence electrons. The Morgan fingerprint density at radius 2 is 1.72 bits per heavy atom. The summed E-state index contributed by atoms with van der Waals surface area (Å²) in [6.45, 7) is 10.6. The van der Waals surface area contributed by atoms with E-state index in [0.29, 0.717) is 51.7 Å². The maximum Gasteiger partial charge on any atom is 0.333 e. The van der Waals surface area contributed by atoms with Gasteiger partial charge in [0.1, 0.15) is 12.4 Å². The van der Waals surface area contributed by atoms with E-state index < -0.39 is 12.1 Å². The van der Waals surface area contributed by atoms with Gasteiger partial charge in [-0.2, -0.15) is 0 Å². The molecule has 0 heterocycles. The van der Waals surface area contributed by atoms with Crippen molar-refractivity contribution in [1.29, 1.82) is 0 Å². The van der Waals surface area contributed by atoms with Gasteiger partial charge in [0.15, 0.2) is 6.10 Å². The molecule has 8 heteroatoms. The van der Waals surface area contributed by atoms with Crippen molar-refractivity contribution in [3.05, 3.63) is 29.8 Å². The van der Waals surface area contributed by atoms with Crippen LogP contribution in [0.2, 0.25) is 0 Å². The highest BCUT2D eigenvalue weighted by Gasteiger charge is 2.18. The van der Waals surface area contributed by atoms with Gasteiger partial charge in [0.05, 0.1) is 13.2 Å². The highest BCUT2D eigenvalue weighted by atomic mass is 16.5. The molecule has 0 bridgehead atoms. The smallest absolute Gasteiger partial charge is 0.333 e. The minimum Gasteiger partial charge on any atom is -0.492 e. The van der Waals surface area contributed by atoms with Crippen molar-refractivity contribution >= 4 is 12.0 Å². The molecule has 0 fully saturated rings. The van der Waals surface area contributed by atoms with Gasteiger partial charge in [-0.05, 0) is 44.9 Å². The van der Waals surface area contributed by atoms with Crippen molar-refractivity contribution in [2.45, 2.75) is 65.5 Å². The van der Waals surface area contributed by atoms with Crippen LogP contribution in [-0.4, -0.2) is 73.7 Å². The number of carboxylic acids is 1. The number of benzene rings is 1. The zero-order valence-electron chi connectivity index (χ0n) is 20.0. The molecule has 0 aliphatic carbocycles. The summed E-state index contributed by atoms with van der Waals surface area (Å²) in [4.78, 5) is 25.4. The first-order chi connectivity index (χ1) is 15.4. The van der Waals surface area contributed by atoms with E-state index in [1.54, 1.807) is 24.0 Å². The summed E-state index contributed by atoms with van der Waals surface area (Å²) in [7, 11) is 0. The van der Waals surface area contributed by atoms with Crippen LogP contribution in [0.15, 0.2) is 24.3 Å². The van der Waals surface area contributed by atoms with Crippen LogP contribution < -0.4 is 10.1 Å². The van der Waals surface area contributed by atoms with Crippen molar-refractivity contribution in [2.75, 3.05) is 39.5 Å². The monoisotopic (exact) mass is 452 g/mol. The van der Waals surface area contributed by atoms with Gasteiger partial charge >= 0.3 is 12.0 Å². The lowest BCUT2D eigenvalue weighted by Gasteiger charge is -2.24. The molecule has 1 rings (SSSR count). The summed E-state index contributed by atoms with van der Waals surface area (Å²) < 4.78 is 16.7. The van der Waals surface area contributed by atoms with E-state index in [1.165, 1.54) is 0 Å². The van der Waals surface area contributed by atoms with Gasteiger partial charge in [0, 0.05) is 32.2 Å². The van der Waals surface area contributed by atoms with E-state index in [1.807, 2.05) is 26.0 Å². The predicted octanol–water partition coefficient (Wildman–Crippen LogP) is 3.72. The van der Waals surface area contributed by atoms with Crippen molar-refractivity contribution in [2.24, 2.45) is 0 Å². The van der Waals surface area contributed by atoms with Gasteiger partial charge < -0.3 is 29.5 Å². The largest absolute Gasteiger partial charge is 0.492 e. The molecule has 8 nitrogen and oxygen atoms in total. The molecule has 0 aliphatic rings. The second kappa shape index (κ2) is 16.3. The lowest BCUT2D eigenvalue weighted by atomic mass is 10.1. The van der Waals surface area contributed by atoms with E-state index in [0.717, 1.165) is 24.8 Å². The molecule has 0 spiro atoms. The number of ether oxygens (including phenoxy) is 3. The molecule has 0 radical (unpaired) electrons. The summed E-state index contributed by atoms with van der Waals surface area (Å²) in [6, 6.07) is 7.18. The summed E-state index contributed by atoms with van der Waals surface area (Å²) in [5.74, 6) is -0.307. The van der Waals surface area contributed by atoms with Crippen LogP contribution in [0.4, 0.5) is 4.79 Å². The minimum atomic E-state index is -0.971. The van der Waals surface area contributed by atoms with Crippen LogP contribution in [0, 0.1) is 0 Å². The number of hydrogen-bond acceptors (Lipinski definition) is 5. The number of carbonyl (C=O) groups is 2.